The number of halogens is 1. The van der Waals surface area contributed by atoms with Crippen LogP contribution in [0, 0.1) is 0 Å². The van der Waals surface area contributed by atoms with Gasteiger partial charge in [-0.15, -0.1) is 0 Å². The van der Waals surface area contributed by atoms with Crippen LogP contribution in [-0.2, 0) is 0 Å². The fraction of sp³-hybridized carbons (Fsp3) is 0.273. The molecule has 13 heavy (non-hydrogen) atoms. The SMILES string of the molecule is CC/C=C/COc1ccccc1Cl. The van der Waals surface area contributed by atoms with E-state index in [0.29, 0.717) is 11.6 Å². The van der Waals surface area contributed by atoms with Gasteiger partial charge in [0.05, 0.1) is 5.02 Å². The van der Waals surface area contributed by atoms with E-state index >= 15 is 0 Å². The summed E-state index contributed by atoms with van der Waals surface area (Å²) in [5.74, 6) is 0.741. The number of hydrogen-bond acceptors (Lipinski definition) is 1. The van der Waals surface area contributed by atoms with Gasteiger partial charge < -0.3 is 4.74 Å². The van der Waals surface area contributed by atoms with Crippen molar-refractivity contribution in [1.82, 2.24) is 0 Å². The number of benzene rings is 1. The highest BCUT2D eigenvalue weighted by atomic mass is 35.5. The summed E-state index contributed by atoms with van der Waals surface area (Å²) in [4.78, 5) is 0. The third-order valence-electron chi connectivity index (χ3n) is 1.57. The summed E-state index contributed by atoms with van der Waals surface area (Å²) < 4.78 is 5.42. The van der Waals surface area contributed by atoms with E-state index in [2.05, 4.69) is 13.0 Å². The summed E-state index contributed by atoms with van der Waals surface area (Å²) in [5.41, 5.74) is 0. The maximum atomic E-state index is 5.89. The second-order valence-electron chi connectivity index (χ2n) is 2.62. The minimum absolute atomic E-state index is 0.581. The van der Waals surface area contributed by atoms with Crippen molar-refractivity contribution >= 4 is 11.6 Å². The molecule has 0 aliphatic carbocycles. The average molecular weight is 197 g/mol. The van der Waals surface area contributed by atoms with Crippen molar-refractivity contribution in [3.05, 3.63) is 41.4 Å². The molecule has 0 saturated heterocycles. The summed E-state index contributed by atoms with van der Waals surface area (Å²) in [5, 5.41) is 0.660. The van der Waals surface area contributed by atoms with Crippen LogP contribution in [0.15, 0.2) is 36.4 Å². The number of rotatable bonds is 4. The molecule has 0 N–H and O–H groups in total. The van der Waals surface area contributed by atoms with Crippen LogP contribution >= 0.6 is 11.6 Å². The first-order chi connectivity index (χ1) is 6.34. The van der Waals surface area contributed by atoms with Crippen LogP contribution in [0.1, 0.15) is 13.3 Å². The minimum atomic E-state index is 0.581. The van der Waals surface area contributed by atoms with Crippen LogP contribution in [0.5, 0.6) is 5.75 Å². The molecule has 0 atom stereocenters. The van der Waals surface area contributed by atoms with E-state index in [1.54, 1.807) is 0 Å². The van der Waals surface area contributed by atoms with Gasteiger partial charge in [-0.3, -0.25) is 0 Å². The highest BCUT2D eigenvalue weighted by Gasteiger charge is 1.96. The van der Waals surface area contributed by atoms with Crippen molar-refractivity contribution < 1.29 is 4.74 Å². The molecule has 0 radical (unpaired) electrons. The highest BCUT2D eigenvalue weighted by molar-refractivity contribution is 6.32. The average Bonchev–Trinajstić information content (AvgIpc) is 2.15. The standard InChI is InChI=1S/C11H13ClO/c1-2-3-6-9-13-11-8-5-4-7-10(11)12/h3-8H,2,9H2,1H3/b6-3+. The third kappa shape index (κ3) is 3.51. The Hall–Kier alpha value is -0.950. The maximum Gasteiger partial charge on any atom is 0.138 e. The van der Waals surface area contributed by atoms with Crippen LogP contribution < -0.4 is 4.74 Å². The molecule has 70 valence electrons. The van der Waals surface area contributed by atoms with Crippen molar-refractivity contribution in [2.45, 2.75) is 13.3 Å². The Kier molecular flexibility index (Phi) is 4.41. The van der Waals surface area contributed by atoms with Gasteiger partial charge in [0.25, 0.3) is 0 Å². The van der Waals surface area contributed by atoms with Crippen LogP contribution in [0.25, 0.3) is 0 Å². The molecule has 0 heterocycles. The fourth-order valence-electron chi connectivity index (χ4n) is 0.934. The first kappa shape index (κ1) is 10.1. The maximum absolute atomic E-state index is 5.89. The molecule has 1 aromatic rings. The third-order valence-corrected chi connectivity index (χ3v) is 1.89. The molecule has 2 heteroatoms. The van der Waals surface area contributed by atoms with E-state index in [1.807, 2.05) is 30.3 Å². The van der Waals surface area contributed by atoms with E-state index in [-0.39, 0.29) is 0 Å². The van der Waals surface area contributed by atoms with E-state index in [1.165, 1.54) is 0 Å². The largest absolute Gasteiger partial charge is 0.488 e. The predicted octanol–water partition coefficient (Wildman–Crippen LogP) is 3.69. The molecule has 0 bridgehead atoms. The van der Waals surface area contributed by atoms with Crippen LogP contribution in [-0.4, -0.2) is 6.61 Å². The topological polar surface area (TPSA) is 9.23 Å². The van der Waals surface area contributed by atoms with Gasteiger partial charge in [-0.1, -0.05) is 42.8 Å². The van der Waals surface area contributed by atoms with Crippen molar-refractivity contribution in [2.75, 3.05) is 6.61 Å². The van der Waals surface area contributed by atoms with Crippen molar-refractivity contribution in [3.8, 4) is 5.75 Å². The van der Waals surface area contributed by atoms with Crippen LogP contribution in [0.2, 0.25) is 5.02 Å². The molecule has 0 spiro atoms. The lowest BCUT2D eigenvalue weighted by Gasteiger charge is -2.03. The zero-order chi connectivity index (χ0) is 9.52. The lowest BCUT2D eigenvalue weighted by molar-refractivity contribution is 0.363. The first-order valence-electron chi connectivity index (χ1n) is 4.37. The zero-order valence-corrected chi connectivity index (χ0v) is 8.42. The van der Waals surface area contributed by atoms with Crippen LogP contribution in [0.4, 0.5) is 0 Å². The van der Waals surface area contributed by atoms with Gasteiger partial charge >= 0.3 is 0 Å². The first-order valence-corrected chi connectivity index (χ1v) is 4.74. The Labute approximate surface area is 84.0 Å². The molecular formula is C11H13ClO. The molecule has 0 saturated carbocycles. The Morgan fingerprint density at radius 1 is 1.31 bits per heavy atom. The minimum Gasteiger partial charge on any atom is -0.488 e. The van der Waals surface area contributed by atoms with E-state index in [0.717, 1.165) is 12.2 Å². The summed E-state index contributed by atoms with van der Waals surface area (Å²) >= 11 is 5.89. The molecule has 1 aromatic carbocycles. The van der Waals surface area contributed by atoms with Gasteiger partial charge in [-0.25, -0.2) is 0 Å². The number of ether oxygens (including phenoxy) is 1. The van der Waals surface area contributed by atoms with Gasteiger partial charge in [0, 0.05) is 0 Å². The van der Waals surface area contributed by atoms with Crippen molar-refractivity contribution in [2.24, 2.45) is 0 Å². The van der Waals surface area contributed by atoms with Gasteiger partial charge in [0.1, 0.15) is 12.4 Å². The lowest BCUT2D eigenvalue weighted by Crippen LogP contribution is -1.93. The summed E-state index contributed by atoms with van der Waals surface area (Å²) in [6.07, 6.45) is 5.09. The predicted molar refractivity (Wildman–Crippen MR) is 56.4 cm³/mol. The van der Waals surface area contributed by atoms with Gasteiger partial charge in [0.15, 0.2) is 0 Å². The smallest absolute Gasteiger partial charge is 0.138 e. The lowest BCUT2D eigenvalue weighted by atomic mass is 10.3. The molecule has 1 nitrogen and oxygen atoms in total. The Bertz CT molecular complexity index is 281. The Morgan fingerprint density at radius 3 is 2.77 bits per heavy atom. The number of para-hydroxylation sites is 1. The fourth-order valence-corrected chi connectivity index (χ4v) is 1.12. The van der Waals surface area contributed by atoms with Gasteiger partial charge in [0.2, 0.25) is 0 Å². The van der Waals surface area contributed by atoms with Gasteiger partial charge in [-0.2, -0.15) is 0 Å². The zero-order valence-electron chi connectivity index (χ0n) is 7.66. The highest BCUT2D eigenvalue weighted by Crippen LogP contribution is 2.22. The normalized spacial score (nSPS) is 10.6. The molecule has 0 fully saturated rings. The molecule has 0 aliphatic rings. The molecule has 0 amide bonds. The van der Waals surface area contributed by atoms with Gasteiger partial charge in [-0.05, 0) is 18.6 Å². The molecule has 0 unspecified atom stereocenters. The molecule has 0 aromatic heterocycles. The van der Waals surface area contributed by atoms with E-state index in [9.17, 15) is 0 Å². The van der Waals surface area contributed by atoms with E-state index < -0.39 is 0 Å². The Morgan fingerprint density at radius 2 is 2.08 bits per heavy atom. The molecule has 0 aliphatic heterocycles. The quantitative estimate of drug-likeness (QED) is 0.668. The second kappa shape index (κ2) is 5.65. The molecule has 1 rings (SSSR count). The Balaban J connectivity index is 2.45. The monoisotopic (exact) mass is 196 g/mol. The summed E-state index contributed by atoms with van der Waals surface area (Å²) in [7, 11) is 0. The van der Waals surface area contributed by atoms with Crippen molar-refractivity contribution in [1.29, 1.82) is 0 Å². The van der Waals surface area contributed by atoms with Crippen LogP contribution in [0.3, 0.4) is 0 Å². The molecular weight excluding hydrogens is 184 g/mol. The number of allylic oxidation sites excluding steroid dienone is 1. The summed E-state index contributed by atoms with van der Waals surface area (Å²) in [6, 6.07) is 7.48. The second-order valence-corrected chi connectivity index (χ2v) is 3.03. The number of hydrogen-bond donors (Lipinski definition) is 0. The van der Waals surface area contributed by atoms with E-state index in [4.69, 9.17) is 16.3 Å². The van der Waals surface area contributed by atoms with Crippen molar-refractivity contribution in [3.63, 3.8) is 0 Å². The summed E-state index contributed by atoms with van der Waals surface area (Å²) in [6.45, 7) is 2.67.